The molecule has 0 fully saturated rings. The third-order valence-electron chi connectivity index (χ3n) is 7.25. The molecule has 0 saturated heterocycles. The molecule has 8 aromatic rings. The Bertz CT molecular complexity index is 2450. The average Bonchev–Trinajstić information content (AvgIpc) is 3.55. The van der Waals surface area contributed by atoms with Crippen molar-refractivity contribution in [3.8, 4) is 0 Å². The Morgan fingerprint density at radius 1 is 0.450 bits per heavy atom. The van der Waals surface area contributed by atoms with Crippen molar-refractivity contribution in [2.45, 2.75) is 0 Å². The highest BCUT2D eigenvalue weighted by atomic mass is 19.2. The number of halogens is 8. The fourth-order valence-corrected chi connectivity index (χ4v) is 5.58. The molecule has 0 saturated carbocycles. The minimum atomic E-state index is -2.15. The molecular weight excluding hydrogens is 552 g/mol. The van der Waals surface area contributed by atoms with Crippen molar-refractivity contribution >= 4 is 65.7 Å². The second-order valence-corrected chi connectivity index (χ2v) is 9.13. The van der Waals surface area contributed by atoms with Gasteiger partial charge in [-0.05, 0) is 24.3 Å². The molecule has 4 aromatic carbocycles. The quantitative estimate of drug-likeness (QED) is 0.108. The molecule has 0 amide bonds. The summed E-state index contributed by atoms with van der Waals surface area (Å²) in [5.74, 6) is -15.9. The summed E-state index contributed by atoms with van der Waals surface area (Å²) in [7, 11) is 0. The molecule has 4 heterocycles. The smallest absolute Gasteiger partial charge is 0.264 e. The van der Waals surface area contributed by atoms with Crippen LogP contribution in [0.2, 0.25) is 0 Å². The summed E-state index contributed by atoms with van der Waals surface area (Å²) < 4.78 is 116. The van der Waals surface area contributed by atoms with Crippen molar-refractivity contribution < 1.29 is 35.1 Å². The van der Waals surface area contributed by atoms with Crippen LogP contribution in [0.15, 0.2) is 33.9 Å². The number of benzene rings is 4. The Hall–Kier alpha value is -5.14. The van der Waals surface area contributed by atoms with Gasteiger partial charge in [-0.2, -0.15) is 0 Å². The first-order valence-corrected chi connectivity index (χ1v) is 11.2. The van der Waals surface area contributed by atoms with E-state index >= 15 is 0 Å². The number of nitrogens with zero attached hydrogens (tertiary/aromatic N) is 4. The summed E-state index contributed by atoms with van der Waals surface area (Å²) in [5, 5.41) is -0.266. The predicted octanol–water partition coefficient (Wildman–Crippen LogP) is 5.46. The van der Waals surface area contributed by atoms with Crippen LogP contribution in [0, 0.1) is 46.5 Å². The van der Waals surface area contributed by atoms with Gasteiger partial charge in [-0.25, -0.2) is 45.1 Å². The third-order valence-corrected chi connectivity index (χ3v) is 7.25. The molecular formula is C26H4F8N4O2. The van der Waals surface area contributed by atoms with E-state index in [2.05, 4.69) is 9.97 Å². The highest BCUT2D eigenvalue weighted by Gasteiger charge is 2.30. The van der Waals surface area contributed by atoms with Gasteiger partial charge in [0.05, 0.1) is 0 Å². The minimum absolute atomic E-state index is 0.0227. The number of hydrogen-bond donors (Lipinski definition) is 0. The van der Waals surface area contributed by atoms with Gasteiger partial charge in [0.2, 0.25) is 0 Å². The highest BCUT2D eigenvalue weighted by molar-refractivity contribution is 6.27. The van der Waals surface area contributed by atoms with Crippen LogP contribution in [0.5, 0.6) is 0 Å². The highest BCUT2D eigenvalue weighted by Crippen LogP contribution is 2.38. The van der Waals surface area contributed by atoms with Crippen molar-refractivity contribution in [2.24, 2.45) is 0 Å². The van der Waals surface area contributed by atoms with Crippen LogP contribution >= 0.6 is 0 Å². The topological polar surface area (TPSA) is 68.7 Å². The molecule has 0 aliphatic carbocycles. The van der Waals surface area contributed by atoms with Gasteiger partial charge in [-0.1, -0.05) is 0 Å². The Morgan fingerprint density at radius 3 is 1.15 bits per heavy atom. The lowest BCUT2D eigenvalue weighted by Crippen LogP contribution is -2.17. The molecule has 0 spiro atoms. The van der Waals surface area contributed by atoms with Crippen LogP contribution in [0.3, 0.4) is 0 Å². The van der Waals surface area contributed by atoms with Gasteiger partial charge in [0.25, 0.3) is 11.1 Å². The molecule has 0 unspecified atom stereocenters. The summed E-state index contributed by atoms with van der Waals surface area (Å²) in [5.41, 5.74) is -6.63. The van der Waals surface area contributed by atoms with Gasteiger partial charge < -0.3 is 0 Å². The molecule has 196 valence electrons. The minimum Gasteiger partial charge on any atom is -0.268 e. The van der Waals surface area contributed by atoms with Crippen molar-refractivity contribution in [1.29, 1.82) is 0 Å². The average molecular weight is 556 g/mol. The summed E-state index contributed by atoms with van der Waals surface area (Å²) in [6.45, 7) is 0. The van der Waals surface area contributed by atoms with Gasteiger partial charge in [-0.3, -0.25) is 18.4 Å². The standard InChI is InChI=1S/C26H4F8N4O2/c27-11-13(29)17(33)21-19(15(11)31)35-23-5-1-3-7-10-6(2-4-8(9(5)10)26(40)37(21)23)24-36-20-16(32)12(28)14(30)18(34)22(20)38(24)25(7)39/h1-4H. The summed E-state index contributed by atoms with van der Waals surface area (Å²) in [6.07, 6.45) is 0. The van der Waals surface area contributed by atoms with Gasteiger partial charge in [0, 0.05) is 32.3 Å². The van der Waals surface area contributed by atoms with Gasteiger partial charge in [0.1, 0.15) is 33.4 Å². The van der Waals surface area contributed by atoms with Crippen LogP contribution in [-0.4, -0.2) is 18.8 Å². The first kappa shape index (κ1) is 22.8. The van der Waals surface area contributed by atoms with E-state index in [0.717, 1.165) is 0 Å². The molecule has 6 nitrogen and oxygen atoms in total. The molecule has 0 atom stereocenters. The number of hydrogen-bond acceptors (Lipinski definition) is 4. The van der Waals surface area contributed by atoms with Crippen LogP contribution in [-0.2, 0) is 0 Å². The predicted molar refractivity (Wildman–Crippen MR) is 126 cm³/mol. The first-order chi connectivity index (χ1) is 19.0. The lowest BCUT2D eigenvalue weighted by molar-refractivity contribution is 0.416. The molecule has 4 aromatic heterocycles. The SMILES string of the molecule is O=c1c2ccc3c4c(ccc(c24)c2nc4c(F)c(F)c(F)c(F)c4n12)c(=O)n1c3nc2c(F)c(F)c(F)c(F)c21. The van der Waals surface area contributed by atoms with Crippen LogP contribution in [0.1, 0.15) is 0 Å². The van der Waals surface area contributed by atoms with Gasteiger partial charge >= 0.3 is 0 Å². The molecule has 8 rings (SSSR count). The van der Waals surface area contributed by atoms with Crippen LogP contribution < -0.4 is 11.1 Å². The summed E-state index contributed by atoms with van der Waals surface area (Å²) >= 11 is 0. The fourth-order valence-electron chi connectivity index (χ4n) is 5.58. The lowest BCUT2D eigenvalue weighted by Gasteiger charge is -2.12. The second-order valence-electron chi connectivity index (χ2n) is 9.13. The van der Waals surface area contributed by atoms with Crippen molar-refractivity contribution in [3.05, 3.63) is 91.5 Å². The largest absolute Gasteiger partial charge is 0.268 e. The zero-order valence-corrected chi connectivity index (χ0v) is 18.9. The summed E-state index contributed by atoms with van der Waals surface area (Å²) in [6, 6.07) is 4.83. The molecule has 40 heavy (non-hydrogen) atoms. The van der Waals surface area contributed by atoms with Crippen LogP contribution in [0.25, 0.3) is 65.7 Å². The zero-order valence-electron chi connectivity index (χ0n) is 18.9. The van der Waals surface area contributed by atoms with E-state index in [4.69, 9.17) is 0 Å². The normalized spacial score (nSPS) is 12.7. The molecule has 0 N–H and O–H groups in total. The maximum absolute atomic E-state index is 14.8. The van der Waals surface area contributed by atoms with E-state index in [1.54, 1.807) is 0 Å². The van der Waals surface area contributed by atoms with E-state index in [-0.39, 0.29) is 32.3 Å². The number of rotatable bonds is 0. The number of fused-ring (bicyclic) bond motifs is 8. The molecule has 14 heteroatoms. The van der Waals surface area contributed by atoms with Gasteiger partial charge in [0.15, 0.2) is 46.5 Å². The van der Waals surface area contributed by atoms with Gasteiger partial charge in [-0.15, -0.1) is 0 Å². The maximum atomic E-state index is 14.8. The van der Waals surface area contributed by atoms with E-state index < -0.39 is 91.0 Å². The van der Waals surface area contributed by atoms with Crippen molar-refractivity contribution in [3.63, 3.8) is 0 Å². The maximum Gasteiger partial charge on any atom is 0.264 e. The third kappa shape index (κ3) is 2.28. The second kappa shape index (κ2) is 6.89. The molecule has 0 bridgehead atoms. The van der Waals surface area contributed by atoms with Crippen molar-refractivity contribution in [2.75, 3.05) is 0 Å². The van der Waals surface area contributed by atoms with E-state index in [1.165, 1.54) is 24.3 Å². The van der Waals surface area contributed by atoms with E-state index in [0.29, 0.717) is 8.80 Å². The van der Waals surface area contributed by atoms with Crippen LogP contribution in [0.4, 0.5) is 35.1 Å². The lowest BCUT2D eigenvalue weighted by atomic mass is 9.96. The number of imidazole rings is 2. The Labute approximate surface area is 211 Å². The van der Waals surface area contributed by atoms with Crippen molar-refractivity contribution in [1.82, 2.24) is 18.8 Å². The zero-order chi connectivity index (χ0) is 28.1. The van der Waals surface area contributed by atoms with E-state index in [1.807, 2.05) is 0 Å². The number of aromatic nitrogens is 4. The van der Waals surface area contributed by atoms with E-state index in [9.17, 15) is 44.7 Å². The summed E-state index contributed by atoms with van der Waals surface area (Å²) in [4.78, 5) is 34.8. The Morgan fingerprint density at radius 2 is 0.775 bits per heavy atom. The Kier molecular flexibility index (Phi) is 3.93. The molecule has 0 aliphatic heterocycles. The fraction of sp³-hybridized carbons (Fsp3) is 0. The monoisotopic (exact) mass is 556 g/mol. The Balaban J connectivity index is 1.67. The molecule has 0 aliphatic rings. The number of pyridine rings is 2. The molecule has 0 radical (unpaired) electrons. The first-order valence-electron chi connectivity index (χ1n) is 11.2.